The average molecular weight is 663 g/mol. The molecule has 1 amide bonds. The summed E-state index contributed by atoms with van der Waals surface area (Å²) in [4.78, 5) is 26.4. The van der Waals surface area contributed by atoms with Gasteiger partial charge in [0, 0.05) is 78.8 Å². The van der Waals surface area contributed by atoms with Crippen LogP contribution < -0.4 is 34.0 Å². The number of fused-ring (bicyclic) bond motifs is 5. The van der Waals surface area contributed by atoms with E-state index < -0.39 is 21.3 Å². The molecule has 2 aromatic heterocycles. The fourth-order valence-corrected chi connectivity index (χ4v) is 7.06. The van der Waals surface area contributed by atoms with Crippen LogP contribution in [0.25, 0.3) is 22.0 Å². The summed E-state index contributed by atoms with van der Waals surface area (Å²) in [5.41, 5.74) is 2.51. The molecule has 0 bridgehead atoms. The van der Waals surface area contributed by atoms with E-state index in [2.05, 4.69) is 24.9 Å². The van der Waals surface area contributed by atoms with Crippen molar-refractivity contribution in [2.75, 3.05) is 67.3 Å². The van der Waals surface area contributed by atoms with Crippen molar-refractivity contribution < 1.29 is 31.8 Å². The fourth-order valence-electron chi connectivity index (χ4n) is 6.51. The van der Waals surface area contributed by atoms with Crippen molar-refractivity contribution in [3.63, 3.8) is 0 Å². The van der Waals surface area contributed by atoms with Crippen molar-refractivity contribution in [1.29, 1.82) is 0 Å². The Bertz CT molecular complexity index is 2020. The molecule has 1 fully saturated rings. The Morgan fingerprint density at radius 1 is 1.06 bits per heavy atom. The summed E-state index contributed by atoms with van der Waals surface area (Å²) < 4.78 is 59.8. The first-order chi connectivity index (χ1) is 22.4. The number of benzene rings is 2. The standard InChI is InChI=1S/C33H35FN6O6S/c1-19(2)35-7-8-46-31-26(38-47(4,42)43)11-20(15-37-31)22-13-23-25(14-24(22)34)36-16-27-30(23)33(32(41)39(27)3)17-40(18-33)21-5-6-28-29(12-21)45-10-9-44-28/h5-6,11-16,19,35,38H,7-10,17-18H2,1-4H3. The molecular weight excluding hydrogens is 627 g/mol. The van der Waals surface area contributed by atoms with Crippen molar-refractivity contribution in [3.05, 3.63) is 60.2 Å². The van der Waals surface area contributed by atoms with Gasteiger partial charge < -0.3 is 29.3 Å². The van der Waals surface area contributed by atoms with Crippen molar-refractivity contribution in [2.45, 2.75) is 25.3 Å². The first-order valence-electron chi connectivity index (χ1n) is 15.3. The molecule has 47 heavy (non-hydrogen) atoms. The summed E-state index contributed by atoms with van der Waals surface area (Å²) in [5, 5.41) is 3.86. The molecule has 0 radical (unpaired) electrons. The van der Waals surface area contributed by atoms with E-state index in [1.807, 2.05) is 32.0 Å². The second-order valence-corrected chi connectivity index (χ2v) is 14.2. The number of aromatic nitrogens is 2. The molecule has 0 unspecified atom stereocenters. The zero-order valence-corrected chi connectivity index (χ0v) is 27.3. The zero-order chi connectivity index (χ0) is 33.1. The minimum absolute atomic E-state index is 0.0590. The first kappa shape index (κ1) is 30.9. The number of likely N-dealkylation sites (N-methyl/N-ethyl adjacent to an activating group) is 1. The lowest BCUT2D eigenvalue weighted by Gasteiger charge is -2.48. The highest BCUT2D eigenvalue weighted by Gasteiger charge is 2.58. The quantitative estimate of drug-likeness (QED) is 0.256. The van der Waals surface area contributed by atoms with Crippen LogP contribution in [0, 0.1) is 5.82 Å². The molecule has 5 heterocycles. The molecular formula is C33H35FN6O6S. The van der Waals surface area contributed by atoms with Crippen LogP contribution in [0.4, 0.5) is 21.5 Å². The van der Waals surface area contributed by atoms with E-state index in [-0.39, 0.29) is 35.7 Å². The highest BCUT2D eigenvalue weighted by Crippen LogP contribution is 2.51. The Kier molecular flexibility index (Phi) is 7.59. The zero-order valence-electron chi connectivity index (χ0n) is 26.5. The number of carbonyl (C=O) groups excluding carboxylic acids is 1. The highest BCUT2D eigenvalue weighted by atomic mass is 32.2. The molecule has 4 aromatic rings. The Balaban J connectivity index is 1.26. The minimum atomic E-state index is -3.70. The third-order valence-corrected chi connectivity index (χ3v) is 9.24. The summed E-state index contributed by atoms with van der Waals surface area (Å²) in [6.07, 6.45) is 4.08. The van der Waals surface area contributed by atoms with Gasteiger partial charge in [-0.3, -0.25) is 14.5 Å². The van der Waals surface area contributed by atoms with Gasteiger partial charge in [0.15, 0.2) is 11.5 Å². The number of hydrogen-bond donors (Lipinski definition) is 2. The molecule has 2 aromatic carbocycles. The Labute approximate surface area is 271 Å². The number of carbonyl (C=O) groups is 1. The van der Waals surface area contributed by atoms with E-state index in [9.17, 15) is 13.2 Å². The highest BCUT2D eigenvalue weighted by molar-refractivity contribution is 7.92. The van der Waals surface area contributed by atoms with E-state index in [1.165, 1.54) is 18.3 Å². The number of amides is 1. The number of anilines is 3. The van der Waals surface area contributed by atoms with Gasteiger partial charge in [0.1, 0.15) is 36.7 Å². The van der Waals surface area contributed by atoms with Gasteiger partial charge in [-0.25, -0.2) is 17.8 Å². The summed E-state index contributed by atoms with van der Waals surface area (Å²) >= 11 is 0. The summed E-state index contributed by atoms with van der Waals surface area (Å²) in [6, 6.07) is 10.5. The predicted octanol–water partition coefficient (Wildman–Crippen LogP) is 3.69. The minimum Gasteiger partial charge on any atom is -0.486 e. The van der Waals surface area contributed by atoms with E-state index in [4.69, 9.17) is 14.2 Å². The van der Waals surface area contributed by atoms with Crippen molar-refractivity contribution in [1.82, 2.24) is 15.3 Å². The molecule has 7 rings (SSSR count). The molecule has 0 aliphatic carbocycles. The normalized spacial score (nSPS) is 16.5. The molecule has 1 saturated heterocycles. The van der Waals surface area contributed by atoms with Crippen molar-refractivity contribution in [3.8, 4) is 28.5 Å². The van der Waals surface area contributed by atoms with Crippen LogP contribution in [-0.2, 0) is 20.2 Å². The maximum Gasteiger partial charge on any atom is 0.241 e. The van der Waals surface area contributed by atoms with Gasteiger partial charge in [0.2, 0.25) is 21.8 Å². The largest absolute Gasteiger partial charge is 0.486 e. The number of rotatable bonds is 9. The number of halogens is 1. The monoisotopic (exact) mass is 662 g/mol. The van der Waals surface area contributed by atoms with Crippen LogP contribution in [0.15, 0.2) is 48.8 Å². The Hall–Kier alpha value is -4.69. The van der Waals surface area contributed by atoms with Gasteiger partial charge in [-0.15, -0.1) is 0 Å². The molecule has 3 aliphatic rings. The van der Waals surface area contributed by atoms with E-state index in [1.54, 1.807) is 24.2 Å². The fraction of sp³-hybridized carbons (Fsp3) is 0.364. The molecule has 0 saturated carbocycles. The number of nitrogens with one attached hydrogen (secondary N) is 2. The Morgan fingerprint density at radius 3 is 2.57 bits per heavy atom. The van der Waals surface area contributed by atoms with Gasteiger partial charge in [0.25, 0.3) is 0 Å². The maximum atomic E-state index is 15.8. The third-order valence-electron chi connectivity index (χ3n) is 8.65. The van der Waals surface area contributed by atoms with Crippen LogP contribution in [0.5, 0.6) is 17.4 Å². The SMILES string of the molecule is CC(C)NCCOc1ncc(-c2cc3c4c(cnc3cc2F)N(C)C(=O)C42CN(c3ccc4c(c3)OCCO4)C2)cc1NS(C)(=O)=O. The van der Waals surface area contributed by atoms with E-state index in [0.29, 0.717) is 66.5 Å². The molecule has 1 spiro atoms. The number of ether oxygens (including phenoxy) is 3. The number of hydrogen-bond acceptors (Lipinski definition) is 10. The summed E-state index contributed by atoms with van der Waals surface area (Å²) in [7, 11) is -1.98. The molecule has 3 aliphatic heterocycles. The molecule has 0 atom stereocenters. The number of nitrogens with zero attached hydrogens (tertiary/aromatic N) is 4. The first-order valence-corrected chi connectivity index (χ1v) is 17.2. The van der Waals surface area contributed by atoms with Crippen LogP contribution in [0.3, 0.4) is 0 Å². The third kappa shape index (κ3) is 5.54. The molecule has 12 nitrogen and oxygen atoms in total. The molecule has 246 valence electrons. The van der Waals surface area contributed by atoms with Crippen molar-refractivity contribution in [2.24, 2.45) is 0 Å². The second-order valence-electron chi connectivity index (χ2n) is 12.4. The van der Waals surface area contributed by atoms with Crippen LogP contribution >= 0.6 is 0 Å². The van der Waals surface area contributed by atoms with Gasteiger partial charge in [-0.05, 0) is 24.3 Å². The second kappa shape index (κ2) is 11.5. The summed E-state index contributed by atoms with van der Waals surface area (Å²) in [5.74, 6) is 0.812. The lowest BCUT2D eigenvalue weighted by Crippen LogP contribution is -2.64. The Morgan fingerprint density at radius 2 is 1.83 bits per heavy atom. The van der Waals surface area contributed by atoms with Gasteiger partial charge in [-0.2, -0.15) is 0 Å². The van der Waals surface area contributed by atoms with Crippen LogP contribution in [0.2, 0.25) is 0 Å². The van der Waals surface area contributed by atoms with Crippen molar-refractivity contribution >= 4 is 43.9 Å². The van der Waals surface area contributed by atoms with Gasteiger partial charge >= 0.3 is 0 Å². The predicted molar refractivity (Wildman–Crippen MR) is 177 cm³/mol. The van der Waals surface area contributed by atoms with E-state index >= 15 is 4.39 Å². The molecule has 14 heteroatoms. The maximum absolute atomic E-state index is 15.8. The van der Waals surface area contributed by atoms with Gasteiger partial charge in [-0.1, -0.05) is 13.8 Å². The lowest BCUT2D eigenvalue weighted by atomic mass is 9.73. The van der Waals surface area contributed by atoms with Crippen LogP contribution in [-0.4, -0.2) is 83.1 Å². The molecule has 2 N–H and O–H groups in total. The smallest absolute Gasteiger partial charge is 0.241 e. The number of pyridine rings is 2. The average Bonchev–Trinajstić information content (AvgIpc) is 3.24. The van der Waals surface area contributed by atoms with Gasteiger partial charge in [0.05, 0.1) is 23.7 Å². The topological polar surface area (TPSA) is 135 Å². The van der Waals surface area contributed by atoms with E-state index in [0.717, 1.165) is 17.5 Å². The lowest BCUT2D eigenvalue weighted by molar-refractivity contribution is -0.123. The summed E-state index contributed by atoms with van der Waals surface area (Å²) in [6.45, 7) is 6.58. The van der Waals surface area contributed by atoms with Crippen LogP contribution in [0.1, 0.15) is 19.4 Å². The number of sulfonamides is 1.